The molecular formula is C17H20N2O6. The highest BCUT2D eigenvalue weighted by molar-refractivity contribution is 5.86. The number of carbonyl (C=O) groups excluding carboxylic acids is 2. The highest BCUT2D eigenvalue weighted by Crippen LogP contribution is 2.38. The van der Waals surface area contributed by atoms with Gasteiger partial charge in [0, 0.05) is 22.7 Å². The average molecular weight is 348 g/mol. The lowest BCUT2D eigenvalue weighted by atomic mass is 9.93. The van der Waals surface area contributed by atoms with Crippen LogP contribution in [0.1, 0.15) is 44.1 Å². The number of fused-ring (bicyclic) bond motifs is 3. The van der Waals surface area contributed by atoms with E-state index in [0.717, 1.165) is 35.0 Å². The summed E-state index contributed by atoms with van der Waals surface area (Å²) < 4.78 is 20.1. The largest absolute Gasteiger partial charge is 0.515 e. The van der Waals surface area contributed by atoms with Gasteiger partial charge in [-0.2, -0.15) is 0 Å². The van der Waals surface area contributed by atoms with E-state index < -0.39 is 18.4 Å². The lowest BCUT2D eigenvalue weighted by molar-refractivity contribution is 0.0203. The molecule has 8 nitrogen and oxygen atoms in total. The Morgan fingerprint density at radius 3 is 2.76 bits per heavy atom. The summed E-state index contributed by atoms with van der Waals surface area (Å²) >= 11 is 0. The van der Waals surface area contributed by atoms with Crippen molar-refractivity contribution < 1.29 is 28.5 Å². The average Bonchev–Trinajstić information content (AvgIpc) is 2.94. The molecule has 2 aromatic rings. The molecule has 1 N–H and O–H groups in total. The maximum absolute atomic E-state index is 11.7. The Kier molecular flexibility index (Phi) is 5.06. The molecule has 0 saturated heterocycles. The smallest absolute Gasteiger partial charge is 0.435 e. The van der Waals surface area contributed by atoms with Crippen LogP contribution in [-0.4, -0.2) is 35.5 Å². The highest BCUT2D eigenvalue weighted by atomic mass is 16.7. The molecule has 1 aliphatic rings. The van der Waals surface area contributed by atoms with Crippen molar-refractivity contribution in [3.8, 4) is 5.88 Å². The van der Waals surface area contributed by atoms with Crippen LogP contribution in [-0.2, 0) is 20.6 Å². The van der Waals surface area contributed by atoms with Crippen LogP contribution in [0.5, 0.6) is 5.88 Å². The van der Waals surface area contributed by atoms with Crippen LogP contribution in [0.25, 0.3) is 10.9 Å². The number of aromatic amines is 1. The molecule has 2 heterocycles. The van der Waals surface area contributed by atoms with Gasteiger partial charge in [-0.25, -0.2) is 14.6 Å². The van der Waals surface area contributed by atoms with Crippen LogP contribution in [0.4, 0.5) is 9.59 Å². The second-order valence-corrected chi connectivity index (χ2v) is 5.55. The van der Waals surface area contributed by atoms with Crippen LogP contribution < -0.4 is 4.74 Å². The van der Waals surface area contributed by atoms with E-state index in [1.54, 1.807) is 26.1 Å². The Labute approximate surface area is 144 Å². The third kappa shape index (κ3) is 3.67. The first kappa shape index (κ1) is 17.1. The second kappa shape index (κ2) is 7.42. The van der Waals surface area contributed by atoms with Gasteiger partial charge in [0.2, 0.25) is 5.88 Å². The molecule has 0 bridgehead atoms. The van der Waals surface area contributed by atoms with Gasteiger partial charge in [0.05, 0.1) is 24.9 Å². The molecule has 1 unspecified atom stereocenters. The zero-order valence-corrected chi connectivity index (χ0v) is 14.2. The minimum absolute atomic E-state index is 0.133. The summed E-state index contributed by atoms with van der Waals surface area (Å²) in [5.74, 6) is 0.133. The molecule has 1 aliphatic carbocycles. The number of aryl methyl sites for hydroxylation is 1. The quantitative estimate of drug-likeness (QED) is 0.842. The first-order valence-electron chi connectivity index (χ1n) is 8.30. The van der Waals surface area contributed by atoms with Crippen molar-refractivity contribution in [3.63, 3.8) is 0 Å². The Morgan fingerprint density at radius 2 is 2.00 bits per heavy atom. The van der Waals surface area contributed by atoms with E-state index in [1.807, 2.05) is 0 Å². The minimum Gasteiger partial charge on any atom is -0.435 e. The Hall–Kier alpha value is -2.77. The van der Waals surface area contributed by atoms with Crippen molar-refractivity contribution in [2.24, 2.45) is 0 Å². The molecule has 0 aromatic carbocycles. The number of hydrogen-bond acceptors (Lipinski definition) is 7. The predicted molar refractivity (Wildman–Crippen MR) is 87.5 cm³/mol. The molecule has 0 aliphatic heterocycles. The number of rotatable bonds is 4. The fraction of sp³-hybridized carbons (Fsp3) is 0.471. The molecule has 0 saturated carbocycles. The molecule has 0 fully saturated rings. The first-order valence-corrected chi connectivity index (χ1v) is 8.30. The zero-order chi connectivity index (χ0) is 17.8. The highest BCUT2D eigenvalue weighted by Gasteiger charge is 2.28. The van der Waals surface area contributed by atoms with Gasteiger partial charge in [0.1, 0.15) is 6.10 Å². The summed E-state index contributed by atoms with van der Waals surface area (Å²) in [6, 6.07) is 1.65. The number of hydrogen-bond donors (Lipinski definition) is 1. The fourth-order valence-corrected chi connectivity index (χ4v) is 3.00. The molecule has 0 radical (unpaired) electrons. The molecule has 8 heteroatoms. The van der Waals surface area contributed by atoms with Gasteiger partial charge < -0.3 is 23.9 Å². The van der Waals surface area contributed by atoms with E-state index in [0.29, 0.717) is 6.42 Å². The summed E-state index contributed by atoms with van der Waals surface area (Å²) in [7, 11) is 0. The van der Waals surface area contributed by atoms with Gasteiger partial charge in [-0.1, -0.05) is 0 Å². The van der Waals surface area contributed by atoms with Gasteiger partial charge in [-0.05, 0) is 33.1 Å². The molecule has 3 rings (SSSR count). The summed E-state index contributed by atoms with van der Waals surface area (Å²) in [5, 5.41) is 0.804. The van der Waals surface area contributed by atoms with Crippen LogP contribution in [0, 0.1) is 0 Å². The van der Waals surface area contributed by atoms with E-state index in [1.165, 1.54) is 0 Å². The van der Waals surface area contributed by atoms with Crippen molar-refractivity contribution in [2.75, 3.05) is 13.2 Å². The van der Waals surface area contributed by atoms with Gasteiger partial charge in [-0.3, -0.25) is 0 Å². The monoisotopic (exact) mass is 348 g/mol. The summed E-state index contributed by atoms with van der Waals surface area (Å²) in [6.45, 7) is 3.89. The van der Waals surface area contributed by atoms with Crippen LogP contribution in [0.2, 0.25) is 0 Å². The van der Waals surface area contributed by atoms with E-state index in [-0.39, 0.29) is 19.1 Å². The number of H-pyrrole nitrogens is 1. The number of ether oxygens (including phenoxy) is 4. The maximum atomic E-state index is 11.7. The summed E-state index contributed by atoms with van der Waals surface area (Å²) in [5.41, 5.74) is 2.66. The van der Waals surface area contributed by atoms with Crippen molar-refractivity contribution >= 4 is 23.2 Å². The Balaban J connectivity index is 1.91. The van der Waals surface area contributed by atoms with Gasteiger partial charge >= 0.3 is 12.3 Å². The maximum Gasteiger partial charge on any atom is 0.515 e. The van der Waals surface area contributed by atoms with Crippen LogP contribution in [0.3, 0.4) is 0 Å². The number of carbonyl (C=O) groups is 2. The second-order valence-electron chi connectivity index (χ2n) is 5.55. The number of aromatic nitrogens is 2. The standard InChI is InChI=1S/C17H20N2O6/c1-3-22-16(20)24-13-7-5-6-11-15(13)10-8-14(18-9-12(10)19-11)25-17(21)23-4-2/h8-9,13,19H,3-7H2,1-2H3. The molecular weight excluding hydrogens is 328 g/mol. The third-order valence-electron chi connectivity index (χ3n) is 3.95. The van der Waals surface area contributed by atoms with Crippen molar-refractivity contribution in [3.05, 3.63) is 23.5 Å². The van der Waals surface area contributed by atoms with Gasteiger partial charge in [-0.15, -0.1) is 0 Å². The van der Waals surface area contributed by atoms with Crippen LogP contribution >= 0.6 is 0 Å². The van der Waals surface area contributed by atoms with Crippen molar-refractivity contribution in [1.29, 1.82) is 0 Å². The molecule has 25 heavy (non-hydrogen) atoms. The van der Waals surface area contributed by atoms with Gasteiger partial charge in [0.15, 0.2) is 0 Å². The zero-order valence-electron chi connectivity index (χ0n) is 14.2. The van der Waals surface area contributed by atoms with Crippen LogP contribution in [0.15, 0.2) is 12.3 Å². The molecule has 134 valence electrons. The van der Waals surface area contributed by atoms with Crippen molar-refractivity contribution in [1.82, 2.24) is 9.97 Å². The molecule has 2 aromatic heterocycles. The van der Waals surface area contributed by atoms with E-state index in [2.05, 4.69) is 9.97 Å². The SMILES string of the molecule is CCOC(=O)Oc1cc2c3c([nH]c2cn1)CCCC3OC(=O)OCC. The number of nitrogens with zero attached hydrogens (tertiary/aromatic N) is 1. The van der Waals surface area contributed by atoms with E-state index >= 15 is 0 Å². The van der Waals surface area contributed by atoms with E-state index in [4.69, 9.17) is 18.9 Å². The Morgan fingerprint density at radius 1 is 1.24 bits per heavy atom. The molecule has 0 amide bonds. The van der Waals surface area contributed by atoms with Gasteiger partial charge in [0.25, 0.3) is 0 Å². The predicted octanol–water partition coefficient (Wildman–Crippen LogP) is 3.65. The lowest BCUT2D eigenvalue weighted by Gasteiger charge is -2.22. The first-order chi connectivity index (χ1) is 12.1. The Bertz CT molecular complexity index is 785. The number of pyridine rings is 1. The number of nitrogens with one attached hydrogen (secondary N) is 1. The lowest BCUT2D eigenvalue weighted by Crippen LogP contribution is -2.17. The van der Waals surface area contributed by atoms with Crippen molar-refractivity contribution in [2.45, 2.75) is 39.2 Å². The molecule has 0 spiro atoms. The third-order valence-corrected chi connectivity index (χ3v) is 3.95. The topological polar surface area (TPSA) is 99.7 Å². The minimum atomic E-state index is -0.807. The summed E-state index contributed by atoms with van der Waals surface area (Å²) in [6.07, 6.45) is 2.13. The van der Waals surface area contributed by atoms with E-state index in [9.17, 15) is 9.59 Å². The normalized spacial score (nSPS) is 16.2. The summed E-state index contributed by atoms with van der Waals surface area (Å²) in [4.78, 5) is 30.6. The fourth-order valence-electron chi connectivity index (χ4n) is 3.00. The molecule has 1 atom stereocenters.